The maximum atomic E-state index is 5.71. The Labute approximate surface area is 140 Å². The fourth-order valence-corrected chi connectivity index (χ4v) is 3.40. The van der Waals surface area contributed by atoms with Crippen molar-refractivity contribution in [1.29, 1.82) is 0 Å². The summed E-state index contributed by atoms with van der Waals surface area (Å²) in [5, 5.41) is 0. The Hall–Kier alpha value is -1.21. The van der Waals surface area contributed by atoms with Crippen molar-refractivity contribution in [2.45, 2.75) is 20.8 Å². The van der Waals surface area contributed by atoms with Gasteiger partial charge in [0, 0.05) is 0 Å². The molecule has 0 saturated carbocycles. The van der Waals surface area contributed by atoms with Crippen molar-refractivity contribution in [3.05, 3.63) is 38.3 Å². The van der Waals surface area contributed by atoms with E-state index in [2.05, 4.69) is 46.8 Å². The molecule has 112 valence electrons. The van der Waals surface area contributed by atoms with Crippen LogP contribution < -0.4 is 9.47 Å². The average Bonchev–Trinajstić information content (AvgIpc) is 2.35. The molecular weight excluding hydrogens is 402 g/mol. The molecule has 1 aromatic heterocycles. The summed E-state index contributed by atoms with van der Waals surface area (Å²) in [5.41, 5.74) is 1.15. The van der Waals surface area contributed by atoms with Crippen LogP contribution in [0.1, 0.15) is 17.2 Å². The van der Waals surface area contributed by atoms with Gasteiger partial charge in [-0.25, -0.2) is 4.98 Å². The van der Waals surface area contributed by atoms with Crippen molar-refractivity contribution in [2.24, 2.45) is 0 Å². The molecule has 1 heterocycles. The van der Waals surface area contributed by atoms with Gasteiger partial charge in [-0.1, -0.05) is 0 Å². The first-order valence-electron chi connectivity index (χ1n) is 6.36. The van der Waals surface area contributed by atoms with Gasteiger partial charge in [0.05, 0.1) is 8.95 Å². The molecule has 0 aliphatic rings. The van der Waals surface area contributed by atoms with Crippen molar-refractivity contribution < 1.29 is 9.47 Å². The lowest BCUT2D eigenvalue weighted by molar-refractivity contribution is 0.203. The lowest BCUT2D eigenvalue weighted by atomic mass is 10.2. The third-order valence-corrected chi connectivity index (χ3v) is 3.72. The van der Waals surface area contributed by atoms with Gasteiger partial charge in [-0.3, -0.25) is 0 Å². The first-order valence-corrected chi connectivity index (χ1v) is 7.95. The van der Waals surface area contributed by atoms with Crippen LogP contribution in [-0.2, 0) is 0 Å². The van der Waals surface area contributed by atoms with Crippen LogP contribution in [0, 0.1) is 20.8 Å². The van der Waals surface area contributed by atoms with Gasteiger partial charge in [-0.15, -0.1) is 0 Å². The molecule has 0 saturated heterocycles. The molecular formula is C14H15Br2N3O2. The number of aryl methyl sites for hydroxylation is 3. The van der Waals surface area contributed by atoms with Gasteiger partial charge in [0.25, 0.3) is 0 Å². The summed E-state index contributed by atoms with van der Waals surface area (Å²) in [6.07, 6.45) is 0. The highest BCUT2D eigenvalue weighted by molar-refractivity contribution is 9.11. The molecule has 1 aromatic carbocycles. The molecule has 0 spiro atoms. The molecule has 0 N–H and O–H groups in total. The summed E-state index contributed by atoms with van der Waals surface area (Å²) in [5.74, 6) is 2.04. The van der Waals surface area contributed by atoms with Crippen molar-refractivity contribution in [3.8, 4) is 11.8 Å². The van der Waals surface area contributed by atoms with Crippen LogP contribution in [0.2, 0.25) is 0 Å². The summed E-state index contributed by atoms with van der Waals surface area (Å²) in [6.45, 7) is 6.38. The molecule has 0 aliphatic carbocycles. The minimum absolute atomic E-state index is 0.325. The van der Waals surface area contributed by atoms with E-state index in [1.54, 1.807) is 13.8 Å². The zero-order chi connectivity index (χ0) is 15.4. The molecule has 2 aromatic rings. The Kier molecular flexibility index (Phi) is 5.52. The van der Waals surface area contributed by atoms with E-state index < -0.39 is 0 Å². The highest BCUT2D eigenvalue weighted by Gasteiger charge is 2.08. The lowest BCUT2D eigenvalue weighted by Crippen LogP contribution is -2.12. The lowest BCUT2D eigenvalue weighted by Gasteiger charge is -2.11. The van der Waals surface area contributed by atoms with E-state index in [1.807, 2.05) is 19.1 Å². The first kappa shape index (κ1) is 16.2. The van der Waals surface area contributed by atoms with Gasteiger partial charge < -0.3 is 9.47 Å². The molecule has 0 atom stereocenters. The topological polar surface area (TPSA) is 57.1 Å². The van der Waals surface area contributed by atoms with E-state index in [-0.39, 0.29) is 0 Å². The minimum atomic E-state index is 0.325. The second kappa shape index (κ2) is 7.17. The van der Waals surface area contributed by atoms with Gasteiger partial charge in [-0.05, 0) is 70.3 Å². The maximum Gasteiger partial charge on any atom is 0.320 e. The molecule has 0 fully saturated rings. The second-order valence-electron chi connectivity index (χ2n) is 4.47. The Morgan fingerprint density at radius 1 is 0.857 bits per heavy atom. The smallest absolute Gasteiger partial charge is 0.320 e. The number of rotatable bonds is 5. The second-order valence-corrected chi connectivity index (χ2v) is 6.18. The quantitative estimate of drug-likeness (QED) is 0.694. The standard InChI is InChI=1S/C14H15Br2N3O2/c1-8-6-11(15)13(12(16)7-8)20-4-5-21-14-18-9(2)17-10(3)19-14/h6-7H,4-5H2,1-3H3. The van der Waals surface area contributed by atoms with Crippen LogP contribution in [0.4, 0.5) is 0 Å². The highest BCUT2D eigenvalue weighted by Crippen LogP contribution is 2.34. The molecule has 0 radical (unpaired) electrons. The predicted molar refractivity (Wildman–Crippen MR) is 86.9 cm³/mol. The summed E-state index contributed by atoms with van der Waals surface area (Å²) in [7, 11) is 0. The molecule has 0 bridgehead atoms. The molecule has 5 nitrogen and oxygen atoms in total. The zero-order valence-electron chi connectivity index (χ0n) is 12.0. The van der Waals surface area contributed by atoms with Crippen molar-refractivity contribution in [2.75, 3.05) is 13.2 Å². The summed E-state index contributed by atoms with van der Waals surface area (Å²) < 4.78 is 13.0. The van der Waals surface area contributed by atoms with Gasteiger partial charge in [-0.2, -0.15) is 9.97 Å². The van der Waals surface area contributed by atoms with Gasteiger partial charge >= 0.3 is 6.01 Å². The number of hydrogen-bond donors (Lipinski definition) is 0. The molecule has 2 rings (SSSR count). The van der Waals surface area contributed by atoms with Crippen LogP contribution in [0.15, 0.2) is 21.1 Å². The van der Waals surface area contributed by atoms with Gasteiger partial charge in [0.15, 0.2) is 0 Å². The molecule has 21 heavy (non-hydrogen) atoms. The maximum absolute atomic E-state index is 5.71. The SMILES string of the molecule is Cc1cc(Br)c(OCCOc2nc(C)nc(C)n2)c(Br)c1. The first-order chi connectivity index (χ1) is 9.95. The normalized spacial score (nSPS) is 10.5. The fourth-order valence-electron chi connectivity index (χ4n) is 1.75. The summed E-state index contributed by atoms with van der Waals surface area (Å²) in [4.78, 5) is 12.3. The van der Waals surface area contributed by atoms with E-state index in [0.717, 1.165) is 20.3 Å². The Balaban J connectivity index is 1.90. The highest BCUT2D eigenvalue weighted by atomic mass is 79.9. The minimum Gasteiger partial charge on any atom is -0.488 e. The van der Waals surface area contributed by atoms with E-state index in [0.29, 0.717) is 30.9 Å². The number of halogens is 2. The third-order valence-electron chi connectivity index (χ3n) is 2.54. The van der Waals surface area contributed by atoms with Crippen LogP contribution >= 0.6 is 31.9 Å². The number of aromatic nitrogens is 3. The van der Waals surface area contributed by atoms with Gasteiger partial charge in [0.1, 0.15) is 30.6 Å². The average molecular weight is 417 g/mol. The van der Waals surface area contributed by atoms with Crippen molar-refractivity contribution in [3.63, 3.8) is 0 Å². The number of ether oxygens (including phenoxy) is 2. The Bertz CT molecular complexity index is 607. The fraction of sp³-hybridized carbons (Fsp3) is 0.357. The zero-order valence-corrected chi connectivity index (χ0v) is 15.2. The van der Waals surface area contributed by atoms with E-state index in [1.165, 1.54) is 0 Å². The molecule has 7 heteroatoms. The van der Waals surface area contributed by atoms with Crippen LogP contribution in [0.25, 0.3) is 0 Å². The number of nitrogens with zero attached hydrogens (tertiary/aromatic N) is 3. The van der Waals surface area contributed by atoms with E-state index >= 15 is 0 Å². The largest absolute Gasteiger partial charge is 0.488 e. The Morgan fingerprint density at radius 3 is 1.95 bits per heavy atom. The molecule has 0 unspecified atom stereocenters. The van der Waals surface area contributed by atoms with Crippen LogP contribution in [0.3, 0.4) is 0 Å². The summed E-state index contributed by atoms with van der Waals surface area (Å²) >= 11 is 6.97. The molecule has 0 aliphatic heterocycles. The van der Waals surface area contributed by atoms with Crippen LogP contribution in [0.5, 0.6) is 11.8 Å². The van der Waals surface area contributed by atoms with Crippen molar-refractivity contribution in [1.82, 2.24) is 15.0 Å². The van der Waals surface area contributed by atoms with E-state index in [9.17, 15) is 0 Å². The van der Waals surface area contributed by atoms with E-state index in [4.69, 9.17) is 9.47 Å². The monoisotopic (exact) mass is 415 g/mol. The summed E-state index contributed by atoms with van der Waals surface area (Å²) in [6, 6.07) is 4.32. The number of benzene rings is 1. The predicted octanol–water partition coefficient (Wildman–Crippen LogP) is 3.78. The Morgan fingerprint density at radius 2 is 1.38 bits per heavy atom. The molecule has 0 amide bonds. The third kappa shape index (κ3) is 4.64. The number of hydrogen-bond acceptors (Lipinski definition) is 5. The van der Waals surface area contributed by atoms with Gasteiger partial charge in [0.2, 0.25) is 0 Å². The van der Waals surface area contributed by atoms with Crippen LogP contribution in [-0.4, -0.2) is 28.2 Å². The van der Waals surface area contributed by atoms with Crippen molar-refractivity contribution >= 4 is 31.9 Å².